The summed E-state index contributed by atoms with van der Waals surface area (Å²) in [7, 11) is 0. The van der Waals surface area contributed by atoms with Gasteiger partial charge in [-0.2, -0.15) is 0 Å². The Morgan fingerprint density at radius 1 is 1.00 bits per heavy atom. The fourth-order valence-corrected chi connectivity index (χ4v) is 1.56. The quantitative estimate of drug-likeness (QED) is 0.755. The van der Waals surface area contributed by atoms with Crippen LogP contribution in [-0.4, -0.2) is 6.04 Å². The van der Waals surface area contributed by atoms with Crippen molar-refractivity contribution >= 4 is 0 Å². The van der Waals surface area contributed by atoms with Gasteiger partial charge in [-0.15, -0.1) is 0 Å². The van der Waals surface area contributed by atoms with Crippen LogP contribution in [0.25, 0.3) is 0 Å². The van der Waals surface area contributed by atoms with Crippen LogP contribution in [0.15, 0.2) is 30.3 Å². The minimum atomic E-state index is 0.252. The fourth-order valence-electron chi connectivity index (χ4n) is 1.56. The van der Waals surface area contributed by atoms with E-state index in [1.807, 2.05) is 6.07 Å². The van der Waals surface area contributed by atoms with E-state index >= 15 is 0 Å². The Hall–Kier alpha value is -0.820. The van der Waals surface area contributed by atoms with Gasteiger partial charge >= 0.3 is 0 Å². The van der Waals surface area contributed by atoms with Crippen molar-refractivity contribution in [3.8, 4) is 0 Å². The summed E-state index contributed by atoms with van der Waals surface area (Å²) in [5, 5.41) is 0. The molecule has 0 radical (unpaired) electrons. The predicted molar refractivity (Wildman–Crippen MR) is 57.7 cm³/mol. The first-order chi connectivity index (χ1) is 6.13. The van der Waals surface area contributed by atoms with E-state index in [2.05, 4.69) is 45.0 Å². The zero-order valence-electron chi connectivity index (χ0n) is 8.70. The molecule has 2 N–H and O–H groups in total. The number of nitrogens with two attached hydrogens (primary N) is 1. The van der Waals surface area contributed by atoms with E-state index in [1.54, 1.807) is 0 Å². The normalized spacial score (nSPS) is 15.8. The van der Waals surface area contributed by atoms with Gasteiger partial charge in [-0.05, 0) is 17.4 Å². The smallest absolute Gasteiger partial charge is 0.0128 e. The molecule has 1 rings (SSSR count). The zero-order chi connectivity index (χ0) is 9.84. The summed E-state index contributed by atoms with van der Waals surface area (Å²) in [4.78, 5) is 0. The topological polar surface area (TPSA) is 26.0 Å². The highest BCUT2D eigenvalue weighted by Gasteiger charge is 2.17. The molecule has 1 heteroatoms. The Morgan fingerprint density at radius 3 is 2.00 bits per heavy atom. The summed E-state index contributed by atoms with van der Waals surface area (Å²) >= 11 is 0. The number of rotatable bonds is 3. The lowest BCUT2D eigenvalue weighted by Gasteiger charge is -2.23. The van der Waals surface area contributed by atoms with Crippen molar-refractivity contribution in [2.24, 2.45) is 11.7 Å². The highest BCUT2D eigenvalue weighted by molar-refractivity contribution is 5.20. The molecule has 0 heterocycles. The molecular weight excluding hydrogens is 158 g/mol. The van der Waals surface area contributed by atoms with E-state index < -0.39 is 0 Å². The van der Waals surface area contributed by atoms with Gasteiger partial charge in [-0.1, -0.05) is 51.1 Å². The van der Waals surface area contributed by atoms with Gasteiger partial charge in [-0.25, -0.2) is 0 Å². The summed E-state index contributed by atoms with van der Waals surface area (Å²) in [6.07, 6.45) is 0. The van der Waals surface area contributed by atoms with Gasteiger partial charge in [0, 0.05) is 6.04 Å². The third-order valence-electron chi connectivity index (χ3n) is 2.67. The van der Waals surface area contributed by atoms with Crippen molar-refractivity contribution in [3.63, 3.8) is 0 Å². The summed E-state index contributed by atoms with van der Waals surface area (Å²) < 4.78 is 0. The standard InChI is InChI=1S/C12H19N/c1-9(2)12(13)10(3)11-7-5-4-6-8-11/h4-10,12H,13H2,1-3H3/t10-,12+/m1/s1. The monoisotopic (exact) mass is 177 g/mol. The third-order valence-corrected chi connectivity index (χ3v) is 2.67. The zero-order valence-corrected chi connectivity index (χ0v) is 8.70. The number of benzene rings is 1. The molecule has 0 saturated heterocycles. The van der Waals surface area contributed by atoms with Crippen molar-refractivity contribution < 1.29 is 0 Å². The van der Waals surface area contributed by atoms with E-state index in [0.29, 0.717) is 11.8 Å². The lowest BCUT2D eigenvalue weighted by Crippen LogP contribution is -2.32. The second-order valence-corrected chi connectivity index (χ2v) is 4.02. The average molecular weight is 177 g/mol. The number of hydrogen-bond donors (Lipinski definition) is 1. The highest BCUT2D eigenvalue weighted by Crippen LogP contribution is 2.21. The second-order valence-electron chi connectivity index (χ2n) is 4.02. The molecule has 0 bridgehead atoms. The van der Waals surface area contributed by atoms with E-state index in [9.17, 15) is 0 Å². The Labute approximate surface area is 81.0 Å². The van der Waals surface area contributed by atoms with Crippen LogP contribution in [0.1, 0.15) is 32.3 Å². The summed E-state index contributed by atoms with van der Waals surface area (Å²) in [5.41, 5.74) is 7.43. The molecule has 72 valence electrons. The molecule has 0 aromatic heterocycles. The maximum absolute atomic E-state index is 6.09. The van der Waals surface area contributed by atoms with Crippen LogP contribution >= 0.6 is 0 Å². The van der Waals surface area contributed by atoms with Gasteiger partial charge in [0.15, 0.2) is 0 Å². The molecular formula is C12H19N. The van der Waals surface area contributed by atoms with Gasteiger partial charge < -0.3 is 5.73 Å². The molecule has 1 aromatic rings. The molecule has 0 saturated carbocycles. The molecule has 0 aliphatic heterocycles. The lowest BCUT2D eigenvalue weighted by molar-refractivity contribution is 0.434. The van der Waals surface area contributed by atoms with Gasteiger partial charge in [0.1, 0.15) is 0 Å². The van der Waals surface area contributed by atoms with Crippen LogP contribution in [0.3, 0.4) is 0 Å². The SMILES string of the molecule is CC(C)[C@H](N)[C@H](C)c1ccccc1. The summed E-state index contributed by atoms with van der Waals surface area (Å²) in [6, 6.07) is 10.7. The molecule has 13 heavy (non-hydrogen) atoms. The second kappa shape index (κ2) is 4.43. The van der Waals surface area contributed by atoms with Crippen LogP contribution in [0, 0.1) is 5.92 Å². The summed E-state index contributed by atoms with van der Waals surface area (Å²) in [5.74, 6) is 0.983. The van der Waals surface area contributed by atoms with Gasteiger partial charge in [0.05, 0.1) is 0 Å². The van der Waals surface area contributed by atoms with Crippen LogP contribution in [-0.2, 0) is 0 Å². The van der Waals surface area contributed by atoms with Crippen molar-refractivity contribution in [3.05, 3.63) is 35.9 Å². The average Bonchev–Trinajstić information content (AvgIpc) is 2.17. The molecule has 0 unspecified atom stereocenters. The molecule has 0 spiro atoms. The minimum Gasteiger partial charge on any atom is -0.327 e. The Bertz CT molecular complexity index is 241. The van der Waals surface area contributed by atoms with E-state index in [4.69, 9.17) is 5.73 Å². The van der Waals surface area contributed by atoms with Crippen LogP contribution in [0.2, 0.25) is 0 Å². The molecule has 1 nitrogen and oxygen atoms in total. The van der Waals surface area contributed by atoms with Crippen LogP contribution in [0.4, 0.5) is 0 Å². The van der Waals surface area contributed by atoms with Crippen LogP contribution < -0.4 is 5.73 Å². The Morgan fingerprint density at radius 2 is 1.54 bits per heavy atom. The maximum atomic E-state index is 6.09. The van der Waals surface area contributed by atoms with Gasteiger partial charge in [0.2, 0.25) is 0 Å². The van der Waals surface area contributed by atoms with Crippen LogP contribution in [0.5, 0.6) is 0 Å². The van der Waals surface area contributed by atoms with Crippen molar-refractivity contribution in [2.45, 2.75) is 32.7 Å². The van der Waals surface area contributed by atoms with Gasteiger partial charge in [0.25, 0.3) is 0 Å². The maximum Gasteiger partial charge on any atom is 0.0128 e. The van der Waals surface area contributed by atoms with Crippen molar-refractivity contribution in [2.75, 3.05) is 0 Å². The predicted octanol–water partition coefficient (Wildman–Crippen LogP) is 2.77. The van der Waals surface area contributed by atoms with Gasteiger partial charge in [-0.3, -0.25) is 0 Å². The summed E-state index contributed by atoms with van der Waals surface area (Å²) in [6.45, 7) is 6.54. The molecule has 0 aliphatic carbocycles. The van der Waals surface area contributed by atoms with E-state index in [1.165, 1.54) is 5.56 Å². The molecule has 1 aromatic carbocycles. The first-order valence-corrected chi connectivity index (χ1v) is 4.93. The fraction of sp³-hybridized carbons (Fsp3) is 0.500. The molecule has 2 atom stereocenters. The molecule has 0 aliphatic rings. The largest absolute Gasteiger partial charge is 0.327 e. The van der Waals surface area contributed by atoms with Crippen molar-refractivity contribution in [1.82, 2.24) is 0 Å². The number of hydrogen-bond acceptors (Lipinski definition) is 1. The third kappa shape index (κ3) is 2.56. The minimum absolute atomic E-state index is 0.252. The Kier molecular flexibility index (Phi) is 3.49. The first kappa shape index (κ1) is 10.3. The highest BCUT2D eigenvalue weighted by atomic mass is 14.7. The first-order valence-electron chi connectivity index (χ1n) is 4.93. The van der Waals surface area contributed by atoms with Crippen molar-refractivity contribution in [1.29, 1.82) is 0 Å². The lowest BCUT2D eigenvalue weighted by atomic mass is 9.87. The molecule has 0 fully saturated rings. The Balaban J connectivity index is 2.73. The van der Waals surface area contributed by atoms with E-state index in [-0.39, 0.29) is 6.04 Å². The molecule has 0 amide bonds. The van der Waals surface area contributed by atoms with E-state index in [0.717, 1.165) is 0 Å².